The Kier molecular flexibility index (Phi) is 7.68. The zero-order valence-corrected chi connectivity index (χ0v) is 16.9. The molecule has 6 nitrogen and oxygen atoms in total. The first-order valence-electron chi connectivity index (χ1n) is 9.16. The summed E-state index contributed by atoms with van der Waals surface area (Å²) in [6.07, 6.45) is 1.38. The number of ether oxygens (including phenoxy) is 1. The zero-order valence-electron chi connectivity index (χ0n) is 16.1. The minimum absolute atomic E-state index is 0. The van der Waals surface area contributed by atoms with Gasteiger partial charge in [-0.2, -0.15) is 0 Å². The lowest BCUT2D eigenvalue weighted by atomic mass is 9.95. The summed E-state index contributed by atoms with van der Waals surface area (Å²) in [4.78, 5) is 12.3. The van der Waals surface area contributed by atoms with Crippen LogP contribution in [0.2, 0.25) is 0 Å². The molecule has 1 fully saturated rings. The smallest absolute Gasteiger partial charge is 0.224 e. The fourth-order valence-electron chi connectivity index (χ4n) is 3.24. The first kappa shape index (κ1) is 21.3. The second-order valence-electron chi connectivity index (χ2n) is 7.06. The Balaban J connectivity index is 0.00000261. The highest BCUT2D eigenvalue weighted by molar-refractivity contribution is 5.85. The highest BCUT2D eigenvalue weighted by Crippen LogP contribution is 2.18. The second kappa shape index (κ2) is 9.76. The van der Waals surface area contributed by atoms with E-state index in [1.165, 1.54) is 0 Å². The van der Waals surface area contributed by atoms with Crippen LogP contribution in [0.4, 0.5) is 0 Å². The van der Waals surface area contributed by atoms with Crippen LogP contribution in [-0.4, -0.2) is 30.2 Å². The Bertz CT molecular complexity index is 726. The molecule has 2 heterocycles. The van der Waals surface area contributed by atoms with Gasteiger partial charge < -0.3 is 19.9 Å². The molecular formula is C20H28ClN3O3. The maximum absolute atomic E-state index is 12.3. The monoisotopic (exact) mass is 393 g/mol. The molecule has 3 rings (SSSR count). The molecule has 7 heteroatoms. The maximum atomic E-state index is 12.3. The molecule has 2 aromatic rings. The summed E-state index contributed by atoms with van der Waals surface area (Å²) in [5.41, 5.74) is 2.81. The van der Waals surface area contributed by atoms with Gasteiger partial charge in [0, 0.05) is 6.04 Å². The van der Waals surface area contributed by atoms with Gasteiger partial charge in [0.2, 0.25) is 5.91 Å². The number of piperidine rings is 1. The molecule has 27 heavy (non-hydrogen) atoms. The van der Waals surface area contributed by atoms with Crippen molar-refractivity contribution >= 4 is 18.3 Å². The SMILES string of the molecule is Cc1noc(C)c1COc1ccc(CC(=O)NC2CCNCC2C)cc1.Cl. The van der Waals surface area contributed by atoms with Gasteiger partial charge in [0.15, 0.2) is 0 Å². The minimum Gasteiger partial charge on any atom is -0.489 e. The van der Waals surface area contributed by atoms with Crippen LogP contribution in [0.1, 0.15) is 35.9 Å². The van der Waals surface area contributed by atoms with Crippen LogP contribution in [0.25, 0.3) is 0 Å². The summed E-state index contributed by atoms with van der Waals surface area (Å²) in [6.45, 7) is 8.30. The fraction of sp³-hybridized carbons (Fsp3) is 0.500. The standard InChI is InChI=1S/C20H27N3O3.ClH/c1-13-11-21-9-8-19(13)22-20(24)10-16-4-6-17(7-5-16)25-12-18-14(2)23-26-15(18)3;/h4-7,13,19,21H,8-12H2,1-3H3,(H,22,24);1H. The van der Waals surface area contributed by atoms with Crippen molar-refractivity contribution in [3.63, 3.8) is 0 Å². The van der Waals surface area contributed by atoms with Crippen molar-refractivity contribution in [1.82, 2.24) is 15.8 Å². The predicted octanol–water partition coefficient (Wildman–Crippen LogP) is 2.95. The number of nitrogens with one attached hydrogen (secondary N) is 2. The van der Waals surface area contributed by atoms with Crippen LogP contribution in [-0.2, 0) is 17.8 Å². The first-order valence-corrected chi connectivity index (χ1v) is 9.16. The normalized spacial score (nSPS) is 19.2. The summed E-state index contributed by atoms with van der Waals surface area (Å²) in [5, 5.41) is 10.4. The van der Waals surface area contributed by atoms with Crippen LogP contribution in [0.5, 0.6) is 5.75 Å². The molecule has 0 saturated carbocycles. The molecule has 2 unspecified atom stereocenters. The maximum Gasteiger partial charge on any atom is 0.224 e. The second-order valence-corrected chi connectivity index (χ2v) is 7.06. The number of hydrogen-bond donors (Lipinski definition) is 2. The van der Waals surface area contributed by atoms with Gasteiger partial charge in [-0.1, -0.05) is 24.2 Å². The van der Waals surface area contributed by atoms with E-state index < -0.39 is 0 Å². The van der Waals surface area contributed by atoms with Crippen LogP contribution in [0, 0.1) is 19.8 Å². The molecule has 148 valence electrons. The first-order chi connectivity index (χ1) is 12.5. The van der Waals surface area contributed by atoms with E-state index in [0.29, 0.717) is 18.9 Å². The van der Waals surface area contributed by atoms with Crippen LogP contribution < -0.4 is 15.4 Å². The number of aromatic nitrogens is 1. The Labute approximate surface area is 166 Å². The van der Waals surface area contributed by atoms with E-state index in [1.807, 2.05) is 38.1 Å². The van der Waals surface area contributed by atoms with Gasteiger partial charge in [-0.3, -0.25) is 4.79 Å². The van der Waals surface area contributed by atoms with Crippen LogP contribution in [0.3, 0.4) is 0 Å². The van der Waals surface area contributed by atoms with Crippen molar-refractivity contribution in [1.29, 1.82) is 0 Å². The molecule has 1 aromatic heterocycles. The molecule has 1 aliphatic heterocycles. The average molecular weight is 394 g/mol. The molecule has 0 bridgehead atoms. The molecule has 1 amide bonds. The third-order valence-corrected chi connectivity index (χ3v) is 4.98. The van der Waals surface area contributed by atoms with Gasteiger partial charge >= 0.3 is 0 Å². The highest BCUT2D eigenvalue weighted by Gasteiger charge is 2.22. The number of carbonyl (C=O) groups is 1. The zero-order chi connectivity index (χ0) is 18.5. The quantitative estimate of drug-likeness (QED) is 0.789. The summed E-state index contributed by atoms with van der Waals surface area (Å²) in [5.74, 6) is 2.09. The Hall–Kier alpha value is -2.05. The molecule has 1 aromatic carbocycles. The summed E-state index contributed by atoms with van der Waals surface area (Å²) < 4.78 is 10.9. The Morgan fingerprint density at radius 1 is 1.33 bits per heavy atom. The molecule has 2 atom stereocenters. The van der Waals surface area contributed by atoms with Gasteiger partial charge in [-0.15, -0.1) is 12.4 Å². The molecular weight excluding hydrogens is 366 g/mol. The largest absolute Gasteiger partial charge is 0.489 e. The number of nitrogens with zero attached hydrogens (tertiary/aromatic N) is 1. The van der Waals surface area contributed by atoms with E-state index in [2.05, 4.69) is 22.7 Å². The number of rotatable bonds is 6. The van der Waals surface area contributed by atoms with Crippen molar-refractivity contribution in [2.24, 2.45) is 5.92 Å². The molecule has 0 radical (unpaired) electrons. The van der Waals surface area contributed by atoms with Gasteiger partial charge in [0.25, 0.3) is 0 Å². The number of halogens is 1. The number of benzene rings is 1. The Morgan fingerprint density at radius 3 is 2.70 bits per heavy atom. The van der Waals surface area contributed by atoms with E-state index in [4.69, 9.17) is 9.26 Å². The molecule has 1 aliphatic rings. The highest BCUT2D eigenvalue weighted by atomic mass is 35.5. The van der Waals surface area contributed by atoms with E-state index in [-0.39, 0.29) is 24.4 Å². The number of amides is 1. The van der Waals surface area contributed by atoms with Gasteiger partial charge in [0.1, 0.15) is 18.1 Å². The van der Waals surface area contributed by atoms with Crippen molar-refractivity contribution < 1.29 is 14.1 Å². The molecule has 0 aliphatic carbocycles. The molecule has 0 spiro atoms. The van der Waals surface area contributed by atoms with Crippen molar-refractivity contribution in [3.05, 3.63) is 46.8 Å². The summed E-state index contributed by atoms with van der Waals surface area (Å²) >= 11 is 0. The minimum atomic E-state index is 0. The van der Waals surface area contributed by atoms with Crippen LogP contribution in [0.15, 0.2) is 28.8 Å². The number of hydrogen-bond acceptors (Lipinski definition) is 5. The van der Waals surface area contributed by atoms with Crippen LogP contribution >= 0.6 is 12.4 Å². The number of carbonyl (C=O) groups excluding carboxylic acids is 1. The van der Waals surface area contributed by atoms with E-state index >= 15 is 0 Å². The predicted molar refractivity (Wildman–Crippen MR) is 106 cm³/mol. The third kappa shape index (κ3) is 5.71. The van der Waals surface area contributed by atoms with Gasteiger partial charge in [-0.25, -0.2) is 0 Å². The molecule has 2 N–H and O–H groups in total. The van der Waals surface area contributed by atoms with Crippen molar-refractivity contribution in [2.75, 3.05) is 13.1 Å². The van der Waals surface area contributed by atoms with Crippen molar-refractivity contribution in [3.8, 4) is 5.75 Å². The number of aryl methyl sites for hydroxylation is 2. The summed E-state index contributed by atoms with van der Waals surface area (Å²) in [6, 6.07) is 7.94. The lowest BCUT2D eigenvalue weighted by Gasteiger charge is -2.30. The third-order valence-electron chi connectivity index (χ3n) is 4.98. The summed E-state index contributed by atoms with van der Waals surface area (Å²) in [7, 11) is 0. The van der Waals surface area contributed by atoms with E-state index in [0.717, 1.165) is 47.8 Å². The molecule has 1 saturated heterocycles. The van der Waals surface area contributed by atoms with Gasteiger partial charge in [-0.05, 0) is 57.0 Å². The van der Waals surface area contributed by atoms with E-state index in [1.54, 1.807) is 0 Å². The average Bonchev–Trinajstić information content (AvgIpc) is 2.94. The topological polar surface area (TPSA) is 76.4 Å². The van der Waals surface area contributed by atoms with Gasteiger partial charge in [0.05, 0.1) is 17.7 Å². The van der Waals surface area contributed by atoms with Crippen molar-refractivity contribution in [2.45, 2.75) is 46.3 Å². The fourth-order valence-corrected chi connectivity index (χ4v) is 3.24. The lowest BCUT2D eigenvalue weighted by molar-refractivity contribution is -0.121. The Morgan fingerprint density at radius 2 is 2.07 bits per heavy atom. The van der Waals surface area contributed by atoms with E-state index in [9.17, 15) is 4.79 Å². The lowest BCUT2D eigenvalue weighted by Crippen LogP contribution is -2.48.